The predicted molar refractivity (Wildman–Crippen MR) is 58.6 cm³/mol. The van der Waals surface area contributed by atoms with Gasteiger partial charge in [-0.15, -0.1) is 0 Å². The molecule has 0 fully saturated rings. The van der Waals surface area contributed by atoms with Crippen LogP contribution in [-0.4, -0.2) is 11.3 Å². The summed E-state index contributed by atoms with van der Waals surface area (Å²) in [6, 6.07) is 3.90. The summed E-state index contributed by atoms with van der Waals surface area (Å²) in [4.78, 5) is 0. The Bertz CT molecular complexity index is 493. The molecule has 16 heavy (non-hydrogen) atoms. The molecule has 0 spiro atoms. The highest BCUT2D eigenvalue weighted by Crippen LogP contribution is 2.14. The van der Waals surface area contributed by atoms with E-state index < -0.39 is 11.6 Å². The molecular formula is C9H6F2N4S. The maximum Gasteiger partial charge on any atom is 0.184 e. The molecule has 0 aliphatic carbocycles. The van der Waals surface area contributed by atoms with E-state index in [0.717, 1.165) is 12.3 Å². The Morgan fingerprint density at radius 3 is 2.75 bits per heavy atom. The minimum Gasteiger partial charge on any atom is -0.375 e. The monoisotopic (exact) mass is 240 g/mol. The average molecular weight is 240 g/mol. The van der Waals surface area contributed by atoms with Gasteiger partial charge in [0.05, 0.1) is 11.8 Å². The van der Waals surface area contributed by atoms with Crippen LogP contribution in [0.1, 0.15) is 11.1 Å². The van der Waals surface area contributed by atoms with Crippen LogP contribution in [0.4, 0.5) is 8.78 Å². The van der Waals surface area contributed by atoms with Crippen LogP contribution >= 0.6 is 12.2 Å². The van der Waals surface area contributed by atoms with Gasteiger partial charge in [-0.05, 0) is 24.4 Å². The quantitative estimate of drug-likeness (QED) is 0.459. The van der Waals surface area contributed by atoms with Crippen LogP contribution in [0.3, 0.4) is 0 Å². The molecule has 0 atom stereocenters. The van der Waals surface area contributed by atoms with Gasteiger partial charge in [0.15, 0.2) is 16.7 Å². The fourth-order valence-corrected chi connectivity index (χ4v) is 0.969. The minimum atomic E-state index is -1.21. The number of nitrogens with one attached hydrogen (secondary N) is 1. The molecule has 82 valence electrons. The van der Waals surface area contributed by atoms with E-state index in [-0.39, 0.29) is 16.2 Å². The molecule has 0 saturated heterocycles. The maximum atomic E-state index is 13.3. The first-order chi connectivity index (χ1) is 7.56. The van der Waals surface area contributed by atoms with Gasteiger partial charge in [0.25, 0.3) is 0 Å². The van der Waals surface area contributed by atoms with Crippen LogP contribution < -0.4 is 11.2 Å². The van der Waals surface area contributed by atoms with Crippen molar-refractivity contribution < 1.29 is 8.78 Å². The highest BCUT2D eigenvalue weighted by atomic mass is 32.1. The van der Waals surface area contributed by atoms with Crippen LogP contribution in [0.15, 0.2) is 17.2 Å². The Morgan fingerprint density at radius 2 is 2.19 bits per heavy atom. The van der Waals surface area contributed by atoms with Crippen molar-refractivity contribution in [3.63, 3.8) is 0 Å². The van der Waals surface area contributed by atoms with Crippen molar-refractivity contribution in [3.8, 4) is 6.07 Å². The van der Waals surface area contributed by atoms with Gasteiger partial charge < -0.3 is 5.73 Å². The smallest absolute Gasteiger partial charge is 0.184 e. The van der Waals surface area contributed by atoms with Gasteiger partial charge in [-0.1, -0.05) is 0 Å². The molecule has 0 aliphatic rings. The summed E-state index contributed by atoms with van der Waals surface area (Å²) < 4.78 is 26.4. The van der Waals surface area contributed by atoms with E-state index in [4.69, 9.17) is 11.0 Å². The summed E-state index contributed by atoms with van der Waals surface area (Å²) in [5.74, 6) is -2.35. The molecule has 3 N–H and O–H groups in total. The van der Waals surface area contributed by atoms with Crippen LogP contribution in [-0.2, 0) is 0 Å². The molecule has 0 bridgehead atoms. The van der Waals surface area contributed by atoms with Crippen LogP contribution in [0.25, 0.3) is 0 Å². The summed E-state index contributed by atoms with van der Waals surface area (Å²) >= 11 is 4.45. The van der Waals surface area contributed by atoms with Gasteiger partial charge in [-0.3, -0.25) is 5.43 Å². The molecule has 4 nitrogen and oxygen atoms in total. The van der Waals surface area contributed by atoms with Gasteiger partial charge in [-0.2, -0.15) is 10.4 Å². The van der Waals surface area contributed by atoms with Crippen molar-refractivity contribution in [1.29, 1.82) is 5.26 Å². The van der Waals surface area contributed by atoms with E-state index in [9.17, 15) is 8.78 Å². The lowest BCUT2D eigenvalue weighted by atomic mass is 10.1. The van der Waals surface area contributed by atoms with Crippen LogP contribution in [0, 0.1) is 23.0 Å². The van der Waals surface area contributed by atoms with E-state index in [1.807, 2.05) is 0 Å². The summed E-state index contributed by atoms with van der Waals surface area (Å²) in [6.45, 7) is 0. The molecule has 0 unspecified atom stereocenters. The first kappa shape index (κ1) is 12.0. The second kappa shape index (κ2) is 5.14. The number of halogens is 2. The van der Waals surface area contributed by atoms with E-state index in [2.05, 4.69) is 22.7 Å². The fraction of sp³-hybridized carbons (Fsp3) is 0. The normalized spacial score (nSPS) is 10.1. The Hall–Kier alpha value is -2.07. The number of nitrogens with zero attached hydrogens (tertiary/aromatic N) is 2. The largest absolute Gasteiger partial charge is 0.375 e. The molecule has 0 saturated carbocycles. The number of hydrogen-bond acceptors (Lipinski definition) is 3. The van der Waals surface area contributed by atoms with Crippen molar-refractivity contribution in [1.82, 2.24) is 5.43 Å². The number of thiocarbonyl (C=S) groups is 1. The van der Waals surface area contributed by atoms with Gasteiger partial charge in [0, 0.05) is 5.56 Å². The zero-order chi connectivity index (χ0) is 12.1. The topological polar surface area (TPSA) is 74.2 Å². The van der Waals surface area contributed by atoms with Gasteiger partial charge in [-0.25, -0.2) is 8.78 Å². The number of benzene rings is 1. The second-order valence-corrected chi connectivity index (χ2v) is 3.12. The van der Waals surface area contributed by atoms with E-state index in [0.29, 0.717) is 0 Å². The first-order valence-electron chi connectivity index (χ1n) is 4.03. The van der Waals surface area contributed by atoms with Crippen molar-refractivity contribution in [2.75, 3.05) is 0 Å². The molecule has 7 heteroatoms. The first-order valence-corrected chi connectivity index (χ1v) is 4.43. The number of rotatable bonds is 2. The number of nitriles is 1. The molecule has 0 aromatic heterocycles. The predicted octanol–water partition coefficient (Wildman–Crippen LogP) is 1.00. The van der Waals surface area contributed by atoms with E-state index >= 15 is 0 Å². The molecule has 0 radical (unpaired) electrons. The van der Waals surface area contributed by atoms with Crippen LogP contribution in [0.5, 0.6) is 0 Å². The van der Waals surface area contributed by atoms with Gasteiger partial charge >= 0.3 is 0 Å². The summed E-state index contributed by atoms with van der Waals surface area (Å²) in [6.07, 6.45) is 1.01. The third-order valence-corrected chi connectivity index (χ3v) is 1.70. The van der Waals surface area contributed by atoms with Crippen molar-refractivity contribution in [2.45, 2.75) is 0 Å². The minimum absolute atomic E-state index is 0.0919. The Labute approximate surface area is 95.4 Å². The molecular weight excluding hydrogens is 234 g/mol. The summed E-state index contributed by atoms with van der Waals surface area (Å²) in [5, 5.41) is 11.8. The van der Waals surface area contributed by atoms with Crippen molar-refractivity contribution in [2.24, 2.45) is 10.8 Å². The van der Waals surface area contributed by atoms with Crippen molar-refractivity contribution in [3.05, 3.63) is 34.9 Å². The molecule has 1 aromatic carbocycles. The highest BCUT2D eigenvalue weighted by Gasteiger charge is 2.11. The molecule has 1 aromatic rings. The highest BCUT2D eigenvalue weighted by molar-refractivity contribution is 7.80. The number of hydrogen-bond donors (Lipinski definition) is 2. The second-order valence-electron chi connectivity index (χ2n) is 2.68. The van der Waals surface area contributed by atoms with E-state index in [1.165, 1.54) is 12.1 Å². The zero-order valence-corrected chi connectivity index (χ0v) is 8.68. The third kappa shape index (κ3) is 2.71. The lowest BCUT2D eigenvalue weighted by Gasteiger charge is -1.99. The molecule has 0 heterocycles. The van der Waals surface area contributed by atoms with E-state index in [1.54, 1.807) is 0 Å². The standard InChI is InChI=1S/C9H6F2N4S/c10-7-5(3-12)1-2-6(8(7)11)4-14-15-9(13)16/h1-2,4H,(H3,13,15,16). The van der Waals surface area contributed by atoms with Gasteiger partial charge in [0.2, 0.25) is 0 Å². The zero-order valence-electron chi connectivity index (χ0n) is 7.87. The Morgan fingerprint density at radius 1 is 1.50 bits per heavy atom. The Balaban J connectivity index is 3.00. The maximum absolute atomic E-state index is 13.3. The number of nitrogens with two attached hydrogens (primary N) is 1. The number of hydrazone groups is 1. The molecule has 0 amide bonds. The summed E-state index contributed by atoms with van der Waals surface area (Å²) in [7, 11) is 0. The Kier molecular flexibility index (Phi) is 3.85. The SMILES string of the molecule is N#Cc1ccc(C=NNC(N)=S)c(F)c1F. The van der Waals surface area contributed by atoms with Crippen molar-refractivity contribution >= 4 is 23.5 Å². The average Bonchev–Trinajstić information content (AvgIpc) is 2.24. The van der Waals surface area contributed by atoms with Gasteiger partial charge in [0.1, 0.15) is 6.07 Å². The fourth-order valence-electron chi connectivity index (χ4n) is 0.916. The molecule has 0 aliphatic heterocycles. The lowest BCUT2D eigenvalue weighted by Crippen LogP contribution is -2.24. The lowest BCUT2D eigenvalue weighted by molar-refractivity contribution is 0.505. The third-order valence-electron chi connectivity index (χ3n) is 1.61. The molecule has 1 rings (SSSR count). The summed E-state index contributed by atoms with van der Waals surface area (Å²) in [5.41, 5.74) is 6.78. The van der Waals surface area contributed by atoms with Crippen LogP contribution in [0.2, 0.25) is 0 Å².